The Morgan fingerprint density at radius 2 is 1.81 bits per heavy atom. The van der Waals surface area contributed by atoms with Crippen molar-refractivity contribution in [2.24, 2.45) is 0 Å². The van der Waals surface area contributed by atoms with Crippen molar-refractivity contribution in [1.82, 2.24) is 15.3 Å². The molecule has 0 aliphatic carbocycles. The van der Waals surface area contributed by atoms with E-state index in [1.54, 1.807) is 0 Å². The van der Waals surface area contributed by atoms with Gasteiger partial charge < -0.3 is 19.8 Å². The Balaban J connectivity index is 1.57. The lowest BCUT2D eigenvalue weighted by molar-refractivity contribution is -0.274. The van der Waals surface area contributed by atoms with Crippen molar-refractivity contribution >= 4 is 5.57 Å². The molecule has 1 fully saturated rings. The van der Waals surface area contributed by atoms with Gasteiger partial charge in [-0.05, 0) is 54.8 Å². The highest BCUT2D eigenvalue weighted by Crippen LogP contribution is 2.46. The summed E-state index contributed by atoms with van der Waals surface area (Å²) in [5.74, 6) is -1.66. The Bertz CT molecular complexity index is 1270. The van der Waals surface area contributed by atoms with Crippen molar-refractivity contribution in [2.45, 2.75) is 37.0 Å². The molecule has 5 rings (SSSR count). The van der Waals surface area contributed by atoms with E-state index in [2.05, 4.69) is 20.0 Å². The predicted octanol–water partition coefficient (Wildman–Crippen LogP) is 6.27. The van der Waals surface area contributed by atoms with E-state index < -0.39 is 29.7 Å². The number of aromatic amines is 1. The summed E-state index contributed by atoms with van der Waals surface area (Å²) in [6, 6.07) is 13.1. The Hall–Kier alpha value is -3.31. The lowest BCUT2D eigenvalue weighted by atomic mass is 9.81. The van der Waals surface area contributed by atoms with E-state index in [9.17, 15) is 26.3 Å². The third kappa shape index (κ3) is 4.85. The SMILES string of the molecule is FC(F)(F)Oc1ccc(-c2cnc(C(F)(F)F)[nH]2)cc1C1=C[C@@]2(CCCN[C@H]2c2ccccc2)OC1. The molecule has 3 heterocycles. The van der Waals surface area contributed by atoms with Gasteiger partial charge in [0.2, 0.25) is 5.82 Å². The van der Waals surface area contributed by atoms with E-state index in [0.29, 0.717) is 12.0 Å². The number of nitrogens with one attached hydrogen (secondary N) is 2. The maximum Gasteiger partial charge on any atom is 0.573 e. The monoisotopic (exact) mass is 509 g/mol. The van der Waals surface area contributed by atoms with E-state index in [-0.39, 0.29) is 29.5 Å². The fourth-order valence-electron chi connectivity index (χ4n) is 4.80. The van der Waals surface area contributed by atoms with E-state index in [4.69, 9.17) is 4.74 Å². The molecule has 2 aromatic carbocycles. The van der Waals surface area contributed by atoms with Crippen LogP contribution in [-0.4, -0.2) is 35.1 Å². The molecule has 0 bridgehead atoms. The van der Waals surface area contributed by atoms with E-state index in [0.717, 1.165) is 30.8 Å². The molecule has 5 nitrogen and oxygen atoms in total. The van der Waals surface area contributed by atoms with Crippen LogP contribution in [0.4, 0.5) is 26.3 Å². The zero-order chi connectivity index (χ0) is 25.6. The number of alkyl halides is 6. The molecular formula is C25H21F6N3O2. The first-order valence-electron chi connectivity index (χ1n) is 11.2. The molecule has 2 aliphatic heterocycles. The van der Waals surface area contributed by atoms with Gasteiger partial charge in [0.1, 0.15) is 11.4 Å². The predicted molar refractivity (Wildman–Crippen MR) is 119 cm³/mol. The molecule has 1 spiro atoms. The van der Waals surface area contributed by atoms with Crippen LogP contribution in [0.3, 0.4) is 0 Å². The summed E-state index contributed by atoms with van der Waals surface area (Å²) in [6.07, 6.45) is -5.39. The topological polar surface area (TPSA) is 59.2 Å². The summed E-state index contributed by atoms with van der Waals surface area (Å²) in [5, 5.41) is 3.45. The highest BCUT2D eigenvalue weighted by atomic mass is 19.4. The van der Waals surface area contributed by atoms with Crippen molar-refractivity contribution < 1.29 is 35.8 Å². The first kappa shape index (κ1) is 24.4. The van der Waals surface area contributed by atoms with Crippen LogP contribution >= 0.6 is 0 Å². The number of rotatable bonds is 4. The normalized spacial score (nSPS) is 22.6. The number of benzene rings is 2. The Labute approximate surface area is 202 Å². The van der Waals surface area contributed by atoms with Crippen LogP contribution in [0.2, 0.25) is 0 Å². The second kappa shape index (κ2) is 8.97. The Morgan fingerprint density at radius 1 is 1.03 bits per heavy atom. The first-order chi connectivity index (χ1) is 17.0. The minimum atomic E-state index is -4.95. The molecule has 0 amide bonds. The van der Waals surface area contributed by atoms with Crippen LogP contribution in [0, 0.1) is 0 Å². The Morgan fingerprint density at radius 3 is 2.50 bits per heavy atom. The number of piperidine rings is 1. The highest BCUT2D eigenvalue weighted by Gasteiger charge is 2.45. The molecular weight excluding hydrogens is 488 g/mol. The summed E-state index contributed by atoms with van der Waals surface area (Å²) < 4.78 is 89.0. The highest BCUT2D eigenvalue weighted by molar-refractivity contribution is 5.78. The molecule has 1 aromatic heterocycles. The fraction of sp³-hybridized carbons (Fsp3) is 0.320. The van der Waals surface area contributed by atoms with E-state index >= 15 is 0 Å². The summed E-state index contributed by atoms with van der Waals surface area (Å²) in [7, 11) is 0. The molecule has 190 valence electrons. The van der Waals surface area contributed by atoms with Gasteiger partial charge in [0.15, 0.2) is 0 Å². The smallest absolute Gasteiger partial charge is 0.405 e. The third-order valence-electron chi connectivity index (χ3n) is 6.34. The Kier molecular flexibility index (Phi) is 6.08. The van der Waals surface area contributed by atoms with E-state index in [1.165, 1.54) is 12.1 Å². The lowest BCUT2D eigenvalue weighted by Crippen LogP contribution is -2.47. The van der Waals surface area contributed by atoms with Gasteiger partial charge in [-0.15, -0.1) is 13.2 Å². The van der Waals surface area contributed by atoms with Gasteiger partial charge in [-0.2, -0.15) is 13.2 Å². The number of halogens is 6. The number of hydrogen-bond donors (Lipinski definition) is 2. The van der Waals surface area contributed by atoms with Gasteiger partial charge >= 0.3 is 12.5 Å². The van der Waals surface area contributed by atoms with Crippen LogP contribution in [0.1, 0.15) is 35.8 Å². The van der Waals surface area contributed by atoms with Gasteiger partial charge in [0.05, 0.1) is 24.5 Å². The molecule has 0 radical (unpaired) electrons. The molecule has 11 heteroatoms. The van der Waals surface area contributed by atoms with Crippen molar-refractivity contribution in [2.75, 3.05) is 13.2 Å². The molecule has 2 N–H and O–H groups in total. The van der Waals surface area contributed by atoms with Crippen LogP contribution < -0.4 is 10.1 Å². The van der Waals surface area contributed by atoms with Gasteiger partial charge in [0.25, 0.3) is 0 Å². The van der Waals surface area contributed by atoms with Crippen LogP contribution in [0.15, 0.2) is 60.8 Å². The number of hydrogen-bond acceptors (Lipinski definition) is 4. The first-order valence-corrected chi connectivity index (χ1v) is 11.2. The minimum Gasteiger partial charge on any atom is -0.405 e. The summed E-state index contributed by atoms with van der Waals surface area (Å²) in [5.41, 5.74) is 0.965. The number of imidazole rings is 1. The largest absolute Gasteiger partial charge is 0.573 e. The summed E-state index contributed by atoms with van der Waals surface area (Å²) in [4.78, 5) is 5.53. The summed E-state index contributed by atoms with van der Waals surface area (Å²) >= 11 is 0. The maximum atomic E-state index is 13.2. The van der Waals surface area contributed by atoms with Gasteiger partial charge in [-0.1, -0.05) is 30.3 Å². The van der Waals surface area contributed by atoms with Crippen LogP contribution in [-0.2, 0) is 10.9 Å². The average Bonchev–Trinajstić information content (AvgIpc) is 3.48. The quantitative estimate of drug-likeness (QED) is 0.407. The minimum absolute atomic E-state index is 0.0119. The van der Waals surface area contributed by atoms with E-state index in [1.807, 2.05) is 36.4 Å². The van der Waals surface area contributed by atoms with Crippen molar-refractivity contribution in [1.29, 1.82) is 0 Å². The number of aromatic nitrogens is 2. The second-order valence-corrected chi connectivity index (χ2v) is 8.72. The fourth-order valence-corrected chi connectivity index (χ4v) is 4.80. The zero-order valence-electron chi connectivity index (χ0n) is 18.7. The second-order valence-electron chi connectivity index (χ2n) is 8.72. The van der Waals surface area contributed by atoms with Crippen molar-refractivity contribution in [3.8, 4) is 17.0 Å². The van der Waals surface area contributed by atoms with Crippen molar-refractivity contribution in [3.63, 3.8) is 0 Å². The molecule has 36 heavy (non-hydrogen) atoms. The molecule has 2 atom stereocenters. The van der Waals surface area contributed by atoms with Gasteiger partial charge in [0, 0.05) is 11.1 Å². The number of H-pyrrole nitrogens is 1. The summed E-state index contributed by atoms with van der Waals surface area (Å²) in [6.45, 7) is 0.770. The lowest BCUT2D eigenvalue weighted by Gasteiger charge is -2.40. The number of ether oxygens (including phenoxy) is 2. The van der Waals surface area contributed by atoms with Crippen molar-refractivity contribution in [3.05, 3.63) is 77.8 Å². The molecule has 2 aliphatic rings. The standard InChI is InChI=1S/C25H21F6N3O2/c26-24(27,28)22-33-13-19(34-22)16-7-8-20(36-25(29,30)31)18(11-16)17-12-23(35-14-17)9-4-10-32-21(23)15-5-2-1-3-6-15/h1-3,5-8,11-13,21,32H,4,9-10,14H2,(H,33,34)/t21-,23+/m0/s1. The zero-order valence-corrected chi connectivity index (χ0v) is 18.7. The molecule has 1 saturated heterocycles. The van der Waals surface area contributed by atoms with Crippen LogP contribution in [0.5, 0.6) is 5.75 Å². The maximum absolute atomic E-state index is 13.2. The third-order valence-corrected chi connectivity index (χ3v) is 6.34. The average molecular weight is 509 g/mol. The van der Waals surface area contributed by atoms with Gasteiger partial charge in [-0.3, -0.25) is 0 Å². The molecule has 0 unspecified atom stereocenters. The van der Waals surface area contributed by atoms with Gasteiger partial charge in [-0.25, -0.2) is 4.98 Å². The van der Waals surface area contributed by atoms with Crippen LogP contribution in [0.25, 0.3) is 16.8 Å². The number of nitrogens with zero attached hydrogens (tertiary/aromatic N) is 1. The molecule has 0 saturated carbocycles. The molecule has 3 aromatic rings.